The Morgan fingerprint density at radius 1 is 0.706 bits per heavy atom. The van der Waals surface area contributed by atoms with Crippen molar-refractivity contribution in [3.8, 4) is 0 Å². The molecule has 0 bridgehead atoms. The van der Waals surface area contributed by atoms with E-state index in [1.807, 2.05) is 0 Å². The van der Waals surface area contributed by atoms with Gasteiger partial charge in [-0.1, -0.05) is 0 Å². The largest absolute Gasteiger partial charge is 2.00 e. The SMILES string of the molecule is N.N.O=P([O-])(O)O.O=P([O-])(O)O.[Na+].[Na+].[OH-].[OH-].[Pt+2]. The molecule has 0 heterocycles. The van der Waals surface area contributed by atoms with Crippen LogP contribution in [0, 0.1) is 0 Å². The van der Waals surface area contributed by atoms with Crippen molar-refractivity contribution in [1.29, 1.82) is 0 Å². The normalized spacial score (nSPS) is 6.94. The van der Waals surface area contributed by atoms with Gasteiger partial charge in [-0.2, -0.15) is 0 Å². The minimum absolute atomic E-state index is 0. The van der Waals surface area contributed by atoms with E-state index < -0.39 is 15.6 Å². The van der Waals surface area contributed by atoms with E-state index in [1.165, 1.54) is 0 Å². The van der Waals surface area contributed by atoms with Gasteiger partial charge in [0.25, 0.3) is 15.6 Å². The summed E-state index contributed by atoms with van der Waals surface area (Å²) >= 11 is 0. The predicted octanol–water partition coefficient (Wildman–Crippen LogP) is -9.15. The van der Waals surface area contributed by atoms with E-state index in [2.05, 4.69) is 0 Å². The summed E-state index contributed by atoms with van der Waals surface area (Å²) in [4.78, 5) is 45.8. The topological polar surface area (TPSA) is 291 Å². The Labute approximate surface area is 156 Å². The van der Waals surface area contributed by atoms with Crippen molar-refractivity contribution in [2.24, 2.45) is 0 Å². The molecule has 0 fully saturated rings. The molecule has 0 aliphatic heterocycles. The first-order valence-electron chi connectivity index (χ1n) is 1.53. The smallest absolute Gasteiger partial charge is 0.870 e. The van der Waals surface area contributed by atoms with E-state index >= 15 is 0 Å². The molecule has 0 aromatic rings. The Morgan fingerprint density at radius 3 is 0.706 bits per heavy atom. The number of rotatable bonds is 0. The van der Waals surface area contributed by atoms with Crippen molar-refractivity contribution in [2.45, 2.75) is 0 Å². The molecule has 12 N–H and O–H groups in total. The molecule has 104 valence electrons. The van der Waals surface area contributed by atoms with Crippen molar-refractivity contribution in [3.05, 3.63) is 0 Å². The van der Waals surface area contributed by atoms with Crippen LogP contribution in [0.15, 0.2) is 0 Å². The Kier molecular flexibility index (Phi) is 96.0. The van der Waals surface area contributed by atoms with Crippen molar-refractivity contribution in [2.75, 3.05) is 0 Å². The van der Waals surface area contributed by atoms with Gasteiger partial charge in [-0.15, -0.1) is 0 Å². The van der Waals surface area contributed by atoms with Gasteiger partial charge in [0, 0.05) is 0 Å². The molecule has 0 unspecified atom stereocenters. The number of hydrogen-bond donors (Lipinski definition) is 6. The molecule has 12 nitrogen and oxygen atoms in total. The standard InChI is InChI=1S/2H3N.2Na.2H3O4P.2H2O.Pt/c;;;;2*1-5(2,3)4;;;/h2*1H3;;;2*(H3,1,2,3,4);2*1H2;/q;;2*+1;;;;;+2/p-4. The molecule has 0 spiro atoms. The molecule has 0 atom stereocenters. The zero-order valence-electron chi connectivity index (χ0n) is 8.94. The van der Waals surface area contributed by atoms with Crippen LogP contribution in [0.4, 0.5) is 0 Å². The summed E-state index contributed by atoms with van der Waals surface area (Å²) in [7, 11) is -9.78. The molecule has 0 rings (SSSR count). The van der Waals surface area contributed by atoms with Crippen LogP contribution in [0.25, 0.3) is 0 Å². The molecule has 0 aromatic carbocycles. The van der Waals surface area contributed by atoms with Crippen LogP contribution in [-0.4, -0.2) is 30.5 Å². The molecule has 0 saturated carbocycles. The van der Waals surface area contributed by atoms with Crippen LogP contribution < -0.4 is 81.2 Å². The fourth-order valence-electron chi connectivity index (χ4n) is 0. The zero-order chi connectivity index (χ0) is 9.00. The average Bonchev–Trinajstić information content (AvgIpc) is 1.12. The molecule has 0 aliphatic rings. The molecule has 0 saturated heterocycles. The quantitative estimate of drug-likeness (QED) is 0.133. The molecule has 17 heavy (non-hydrogen) atoms. The van der Waals surface area contributed by atoms with Crippen molar-refractivity contribution in [1.82, 2.24) is 12.3 Å². The van der Waals surface area contributed by atoms with Gasteiger partial charge in [-0.05, 0) is 0 Å². The predicted molar refractivity (Wildman–Crippen MR) is 38.0 cm³/mol. The summed E-state index contributed by atoms with van der Waals surface area (Å²) < 4.78 is 17.5. The van der Waals surface area contributed by atoms with Crippen LogP contribution in [0.3, 0.4) is 0 Å². The molecule has 0 aromatic heterocycles. The fourth-order valence-corrected chi connectivity index (χ4v) is 0. The van der Waals surface area contributed by atoms with E-state index in [9.17, 15) is 0 Å². The van der Waals surface area contributed by atoms with E-state index in [-0.39, 0.29) is 103 Å². The zero-order valence-corrected chi connectivity index (χ0v) is 17.0. The van der Waals surface area contributed by atoms with Gasteiger partial charge in [0.05, 0.1) is 0 Å². The molecular formula is H12N2Na2O10P2Pt. The average molecular weight is 503 g/mol. The summed E-state index contributed by atoms with van der Waals surface area (Å²) in [6, 6.07) is 0. The Hall–Kier alpha value is 2.75. The first kappa shape index (κ1) is 60.1. The van der Waals surface area contributed by atoms with E-state index in [0.29, 0.717) is 0 Å². The van der Waals surface area contributed by atoms with Crippen LogP contribution in [0.1, 0.15) is 0 Å². The van der Waals surface area contributed by atoms with E-state index in [0.717, 1.165) is 0 Å². The minimum atomic E-state index is -4.89. The maximum atomic E-state index is 8.77. The summed E-state index contributed by atoms with van der Waals surface area (Å²) in [6.07, 6.45) is 0. The van der Waals surface area contributed by atoms with Gasteiger partial charge < -0.3 is 52.6 Å². The number of hydrogen-bond acceptors (Lipinski definition) is 8. The summed E-state index contributed by atoms with van der Waals surface area (Å²) in [5.74, 6) is 0. The Bertz CT molecular complexity index is 143. The van der Waals surface area contributed by atoms with E-state index in [4.69, 9.17) is 38.5 Å². The van der Waals surface area contributed by atoms with Gasteiger partial charge in [0.1, 0.15) is 0 Å². The second-order valence-electron chi connectivity index (χ2n) is 0.981. The van der Waals surface area contributed by atoms with Gasteiger partial charge in [0.2, 0.25) is 0 Å². The Morgan fingerprint density at radius 2 is 0.706 bits per heavy atom. The molecular weight excluding hydrogens is 491 g/mol. The van der Waals surface area contributed by atoms with Crippen LogP contribution in [0.5, 0.6) is 0 Å². The molecule has 0 amide bonds. The summed E-state index contributed by atoms with van der Waals surface area (Å²) in [5, 5.41) is 0. The van der Waals surface area contributed by atoms with Crippen LogP contribution in [0.2, 0.25) is 0 Å². The Balaban J connectivity index is -0.00000000762. The monoisotopic (exact) mass is 503 g/mol. The molecule has 0 aliphatic carbocycles. The minimum Gasteiger partial charge on any atom is -0.870 e. The van der Waals surface area contributed by atoms with E-state index in [1.54, 1.807) is 0 Å². The van der Waals surface area contributed by atoms with Crippen molar-refractivity contribution < 1.29 is 130 Å². The first-order chi connectivity index (χ1) is 4.00. The van der Waals surface area contributed by atoms with Crippen LogP contribution >= 0.6 is 15.6 Å². The number of phosphoric acid groups is 2. The van der Waals surface area contributed by atoms with Gasteiger partial charge in [-0.25, -0.2) is 0 Å². The third-order valence-corrected chi connectivity index (χ3v) is 0. The van der Waals surface area contributed by atoms with Gasteiger partial charge >= 0.3 is 80.2 Å². The first-order valence-corrected chi connectivity index (χ1v) is 4.59. The van der Waals surface area contributed by atoms with Crippen LogP contribution in [-0.2, 0) is 30.2 Å². The van der Waals surface area contributed by atoms with Crippen molar-refractivity contribution >= 4 is 15.6 Å². The van der Waals surface area contributed by atoms with Gasteiger partial charge in [-0.3, -0.25) is 9.13 Å². The summed E-state index contributed by atoms with van der Waals surface area (Å²) in [5.41, 5.74) is 0. The maximum absolute atomic E-state index is 8.77. The van der Waals surface area contributed by atoms with Crippen molar-refractivity contribution in [3.63, 3.8) is 0 Å². The molecule has 0 radical (unpaired) electrons. The maximum Gasteiger partial charge on any atom is 2.00 e. The third kappa shape index (κ3) is 696. The van der Waals surface area contributed by atoms with Gasteiger partial charge in [0.15, 0.2) is 0 Å². The second kappa shape index (κ2) is 27.2. The second-order valence-corrected chi connectivity index (χ2v) is 2.94. The molecule has 17 heteroatoms. The fraction of sp³-hybridized carbons (Fsp3) is 0. The summed E-state index contributed by atoms with van der Waals surface area (Å²) in [6.45, 7) is 0. The third-order valence-electron chi connectivity index (χ3n) is 0.